The van der Waals surface area contributed by atoms with Gasteiger partial charge < -0.3 is 19.3 Å². The minimum atomic E-state index is -0.356. The van der Waals surface area contributed by atoms with Gasteiger partial charge in [0.15, 0.2) is 11.5 Å². The molecule has 4 rings (SSSR count). The average Bonchev–Trinajstić information content (AvgIpc) is 3.41. The Morgan fingerprint density at radius 1 is 1.14 bits per heavy atom. The zero-order chi connectivity index (χ0) is 19.3. The summed E-state index contributed by atoms with van der Waals surface area (Å²) in [5, 5.41) is 18.9. The number of aromatic nitrogens is 5. The third-order valence-electron chi connectivity index (χ3n) is 3.89. The Balaban J connectivity index is 1.43. The molecule has 1 amide bonds. The summed E-state index contributed by atoms with van der Waals surface area (Å²) >= 11 is 0. The highest BCUT2D eigenvalue weighted by atomic mass is 16.5. The number of hydrogen-bond acceptors (Lipinski definition) is 8. The van der Waals surface area contributed by atoms with Gasteiger partial charge in [-0.05, 0) is 30.3 Å². The summed E-state index contributed by atoms with van der Waals surface area (Å²) in [4.78, 5) is 11.8. The van der Waals surface area contributed by atoms with Gasteiger partial charge in [-0.15, -0.1) is 15.3 Å². The molecular formula is C18H16N6O4. The lowest BCUT2D eigenvalue weighted by molar-refractivity contribution is 0.0909. The fourth-order valence-corrected chi connectivity index (χ4v) is 2.51. The molecule has 0 atom stereocenters. The second kappa shape index (κ2) is 7.74. The van der Waals surface area contributed by atoms with Gasteiger partial charge in [0.2, 0.25) is 11.6 Å². The van der Waals surface area contributed by atoms with Gasteiger partial charge in [0, 0.05) is 17.7 Å². The second-order valence-corrected chi connectivity index (χ2v) is 5.67. The van der Waals surface area contributed by atoms with E-state index in [9.17, 15) is 4.79 Å². The first kappa shape index (κ1) is 17.5. The average molecular weight is 380 g/mol. The highest BCUT2D eigenvalue weighted by molar-refractivity contribution is 5.91. The molecule has 0 aliphatic rings. The molecule has 3 aromatic heterocycles. The van der Waals surface area contributed by atoms with Gasteiger partial charge in [-0.2, -0.15) is 4.52 Å². The Morgan fingerprint density at radius 2 is 2.00 bits per heavy atom. The van der Waals surface area contributed by atoms with Crippen LogP contribution in [-0.4, -0.2) is 51.1 Å². The molecule has 4 aromatic rings. The van der Waals surface area contributed by atoms with Crippen LogP contribution in [0.25, 0.3) is 17.0 Å². The maximum Gasteiger partial charge on any atom is 0.290 e. The molecule has 142 valence electrons. The van der Waals surface area contributed by atoms with Gasteiger partial charge in [-0.3, -0.25) is 4.79 Å². The molecule has 0 bridgehead atoms. The van der Waals surface area contributed by atoms with Crippen LogP contribution in [-0.2, 0) is 0 Å². The molecule has 1 N–H and O–H groups in total. The smallest absolute Gasteiger partial charge is 0.290 e. The van der Waals surface area contributed by atoms with E-state index in [-0.39, 0.29) is 24.8 Å². The minimum Gasteiger partial charge on any atom is -0.497 e. The molecule has 0 spiro atoms. The number of ether oxygens (including phenoxy) is 2. The molecule has 0 aliphatic carbocycles. The number of nitrogens with one attached hydrogen (secondary N) is 1. The first-order chi connectivity index (χ1) is 13.7. The normalized spacial score (nSPS) is 10.8. The third kappa shape index (κ3) is 3.61. The van der Waals surface area contributed by atoms with E-state index in [0.717, 1.165) is 11.3 Å². The molecule has 10 nitrogen and oxygen atoms in total. The van der Waals surface area contributed by atoms with Crippen molar-refractivity contribution < 1.29 is 18.8 Å². The number of amides is 1. The number of carbonyl (C=O) groups excluding carboxylic acids is 1. The van der Waals surface area contributed by atoms with E-state index in [0.29, 0.717) is 17.4 Å². The van der Waals surface area contributed by atoms with E-state index >= 15 is 0 Å². The SMILES string of the molecule is COc1ccc(-c2nnc3ccc(OCCNC(=O)c4ccno4)nn23)cc1. The lowest BCUT2D eigenvalue weighted by atomic mass is 10.2. The lowest BCUT2D eigenvalue weighted by Crippen LogP contribution is -2.27. The summed E-state index contributed by atoms with van der Waals surface area (Å²) in [6.07, 6.45) is 1.41. The van der Waals surface area contributed by atoms with E-state index in [2.05, 4.69) is 25.8 Å². The summed E-state index contributed by atoms with van der Waals surface area (Å²) in [7, 11) is 1.61. The van der Waals surface area contributed by atoms with Crippen LogP contribution >= 0.6 is 0 Å². The van der Waals surface area contributed by atoms with Gasteiger partial charge in [-0.1, -0.05) is 5.16 Å². The van der Waals surface area contributed by atoms with Gasteiger partial charge in [0.25, 0.3) is 5.91 Å². The molecule has 0 saturated heterocycles. The van der Waals surface area contributed by atoms with Gasteiger partial charge >= 0.3 is 0 Å². The maximum absolute atomic E-state index is 11.8. The van der Waals surface area contributed by atoms with Crippen molar-refractivity contribution in [3.63, 3.8) is 0 Å². The molecule has 1 aromatic carbocycles. The first-order valence-corrected chi connectivity index (χ1v) is 8.43. The Labute approximate surface area is 159 Å². The first-order valence-electron chi connectivity index (χ1n) is 8.43. The standard InChI is InChI=1S/C18H16N6O4/c1-26-13-4-2-12(3-5-13)17-22-21-15-6-7-16(23-24(15)17)27-11-10-19-18(25)14-8-9-20-28-14/h2-9H,10-11H2,1H3,(H,19,25). The van der Waals surface area contributed by atoms with Crippen molar-refractivity contribution in [2.45, 2.75) is 0 Å². The van der Waals surface area contributed by atoms with E-state index in [1.165, 1.54) is 12.3 Å². The van der Waals surface area contributed by atoms with Crippen LogP contribution in [0.2, 0.25) is 0 Å². The number of fused-ring (bicyclic) bond motifs is 1. The molecule has 0 radical (unpaired) electrons. The molecule has 0 aliphatic heterocycles. The van der Waals surface area contributed by atoms with Crippen LogP contribution in [0, 0.1) is 0 Å². The predicted octanol–water partition coefficient (Wildman–Crippen LogP) is 1.60. The summed E-state index contributed by atoms with van der Waals surface area (Å²) < 4.78 is 17.2. The molecule has 28 heavy (non-hydrogen) atoms. The van der Waals surface area contributed by atoms with Crippen LogP contribution in [0.5, 0.6) is 11.6 Å². The molecular weight excluding hydrogens is 364 g/mol. The van der Waals surface area contributed by atoms with E-state index in [4.69, 9.17) is 14.0 Å². The van der Waals surface area contributed by atoms with Crippen molar-refractivity contribution in [1.82, 2.24) is 30.3 Å². The Morgan fingerprint density at radius 3 is 2.75 bits per heavy atom. The molecule has 0 fully saturated rings. The predicted molar refractivity (Wildman–Crippen MR) is 97.1 cm³/mol. The van der Waals surface area contributed by atoms with Crippen molar-refractivity contribution in [2.75, 3.05) is 20.3 Å². The molecule has 0 unspecified atom stereocenters. The molecule has 0 saturated carbocycles. The highest BCUT2D eigenvalue weighted by Gasteiger charge is 2.11. The summed E-state index contributed by atoms with van der Waals surface area (Å²) in [5.41, 5.74) is 1.44. The van der Waals surface area contributed by atoms with Crippen molar-refractivity contribution in [3.05, 3.63) is 54.4 Å². The zero-order valence-electron chi connectivity index (χ0n) is 14.9. The largest absolute Gasteiger partial charge is 0.497 e. The quantitative estimate of drug-likeness (QED) is 0.481. The number of carbonyl (C=O) groups is 1. The summed E-state index contributed by atoms with van der Waals surface area (Å²) in [5.74, 6) is 1.51. The number of methoxy groups -OCH3 is 1. The number of hydrogen-bond donors (Lipinski definition) is 1. The number of rotatable bonds is 7. The van der Waals surface area contributed by atoms with Crippen LogP contribution in [0.1, 0.15) is 10.6 Å². The monoisotopic (exact) mass is 380 g/mol. The van der Waals surface area contributed by atoms with Gasteiger partial charge in [-0.25, -0.2) is 0 Å². The van der Waals surface area contributed by atoms with Crippen LogP contribution in [0.4, 0.5) is 0 Å². The number of benzene rings is 1. The van der Waals surface area contributed by atoms with Crippen molar-refractivity contribution >= 4 is 11.6 Å². The minimum absolute atomic E-state index is 0.146. The Hall–Kier alpha value is -3.95. The molecule has 3 heterocycles. The zero-order valence-corrected chi connectivity index (χ0v) is 14.9. The van der Waals surface area contributed by atoms with Gasteiger partial charge in [0.05, 0.1) is 19.9 Å². The fraction of sp³-hybridized carbons (Fsp3) is 0.167. The van der Waals surface area contributed by atoms with E-state index in [1.54, 1.807) is 23.8 Å². The van der Waals surface area contributed by atoms with Crippen molar-refractivity contribution in [2.24, 2.45) is 0 Å². The topological polar surface area (TPSA) is 117 Å². The summed E-state index contributed by atoms with van der Waals surface area (Å²) in [6.45, 7) is 0.519. The lowest BCUT2D eigenvalue weighted by Gasteiger charge is -2.07. The maximum atomic E-state index is 11.8. The fourth-order valence-electron chi connectivity index (χ4n) is 2.51. The van der Waals surface area contributed by atoms with E-state index < -0.39 is 0 Å². The van der Waals surface area contributed by atoms with Crippen LogP contribution in [0.3, 0.4) is 0 Å². The van der Waals surface area contributed by atoms with Crippen molar-refractivity contribution in [1.29, 1.82) is 0 Å². The van der Waals surface area contributed by atoms with Crippen LogP contribution < -0.4 is 14.8 Å². The molecule has 10 heteroatoms. The third-order valence-corrected chi connectivity index (χ3v) is 3.89. The second-order valence-electron chi connectivity index (χ2n) is 5.67. The van der Waals surface area contributed by atoms with Gasteiger partial charge in [0.1, 0.15) is 12.4 Å². The van der Waals surface area contributed by atoms with Crippen molar-refractivity contribution in [3.8, 4) is 23.0 Å². The van der Waals surface area contributed by atoms with E-state index in [1.807, 2.05) is 24.3 Å². The summed E-state index contributed by atoms with van der Waals surface area (Å²) in [6, 6.07) is 12.4. The highest BCUT2D eigenvalue weighted by Crippen LogP contribution is 2.21. The Bertz CT molecular complexity index is 1080. The number of nitrogens with zero attached hydrogens (tertiary/aromatic N) is 5. The Kier molecular flexibility index (Phi) is 4.83. The van der Waals surface area contributed by atoms with Crippen LogP contribution in [0.15, 0.2) is 53.2 Å².